The van der Waals surface area contributed by atoms with E-state index in [2.05, 4.69) is 15.9 Å². The standard InChI is InChI=1S/C9H11BrFNOS/c10-8-6-7(12)2-3-9(8)14(13)5-1-4-11/h2-3,6H,1,4-5,12H2. The van der Waals surface area contributed by atoms with E-state index >= 15 is 0 Å². The van der Waals surface area contributed by atoms with Crippen LogP contribution < -0.4 is 5.73 Å². The van der Waals surface area contributed by atoms with Crippen molar-refractivity contribution in [3.05, 3.63) is 22.7 Å². The molecule has 5 heteroatoms. The van der Waals surface area contributed by atoms with Gasteiger partial charge in [-0.25, -0.2) is 0 Å². The van der Waals surface area contributed by atoms with Crippen LogP contribution in [0.15, 0.2) is 27.6 Å². The molecule has 1 rings (SSSR count). The maximum atomic E-state index is 11.9. The van der Waals surface area contributed by atoms with Gasteiger partial charge in [-0.15, -0.1) is 0 Å². The average molecular weight is 280 g/mol. The van der Waals surface area contributed by atoms with E-state index in [9.17, 15) is 8.60 Å². The summed E-state index contributed by atoms with van der Waals surface area (Å²) in [5.41, 5.74) is 6.15. The number of benzene rings is 1. The Hall–Kier alpha value is -0.420. The molecule has 2 nitrogen and oxygen atoms in total. The topological polar surface area (TPSA) is 43.1 Å². The minimum Gasteiger partial charge on any atom is -0.399 e. The van der Waals surface area contributed by atoms with Crippen LogP contribution in [0.3, 0.4) is 0 Å². The van der Waals surface area contributed by atoms with Crippen LogP contribution in [-0.2, 0) is 10.8 Å². The predicted octanol–water partition coefficient (Wildman–Crippen LogP) is 2.50. The van der Waals surface area contributed by atoms with Gasteiger partial charge in [-0.2, -0.15) is 0 Å². The highest BCUT2D eigenvalue weighted by molar-refractivity contribution is 9.10. The van der Waals surface area contributed by atoms with Crippen molar-refractivity contribution in [3.8, 4) is 0 Å². The van der Waals surface area contributed by atoms with Gasteiger partial charge in [0.15, 0.2) is 0 Å². The number of hydrogen-bond donors (Lipinski definition) is 1. The van der Waals surface area contributed by atoms with Crippen molar-refractivity contribution in [2.24, 2.45) is 0 Å². The van der Waals surface area contributed by atoms with Crippen LogP contribution in [0.1, 0.15) is 6.42 Å². The molecular weight excluding hydrogens is 269 g/mol. The molecule has 0 fully saturated rings. The lowest BCUT2D eigenvalue weighted by molar-refractivity contribution is 0.488. The van der Waals surface area contributed by atoms with Gasteiger partial charge in [0.2, 0.25) is 0 Å². The van der Waals surface area contributed by atoms with E-state index in [1.54, 1.807) is 18.2 Å². The largest absolute Gasteiger partial charge is 0.399 e. The SMILES string of the molecule is Nc1ccc(S(=O)CCCF)c(Br)c1. The molecule has 78 valence electrons. The summed E-state index contributed by atoms with van der Waals surface area (Å²) in [6.45, 7) is -0.432. The van der Waals surface area contributed by atoms with Crippen molar-refractivity contribution in [1.82, 2.24) is 0 Å². The van der Waals surface area contributed by atoms with E-state index in [1.165, 1.54) is 0 Å². The first-order valence-corrected chi connectivity index (χ1v) is 6.25. The van der Waals surface area contributed by atoms with Gasteiger partial charge in [-0.3, -0.25) is 8.60 Å². The van der Waals surface area contributed by atoms with Gasteiger partial charge in [0.25, 0.3) is 0 Å². The molecule has 14 heavy (non-hydrogen) atoms. The zero-order valence-corrected chi connectivity index (χ0v) is 9.91. The molecule has 1 aromatic rings. The smallest absolute Gasteiger partial charge is 0.0903 e. The van der Waals surface area contributed by atoms with E-state index in [1.807, 2.05) is 0 Å². The average Bonchev–Trinajstić information content (AvgIpc) is 2.14. The molecule has 0 aromatic heterocycles. The van der Waals surface area contributed by atoms with Gasteiger partial charge in [-0.1, -0.05) is 0 Å². The molecule has 0 amide bonds. The fraction of sp³-hybridized carbons (Fsp3) is 0.333. The van der Waals surface area contributed by atoms with Crippen LogP contribution in [0.2, 0.25) is 0 Å². The highest BCUT2D eigenvalue weighted by Crippen LogP contribution is 2.23. The molecule has 0 aliphatic rings. The van der Waals surface area contributed by atoms with Crippen molar-refractivity contribution in [2.45, 2.75) is 11.3 Å². The summed E-state index contributed by atoms with van der Waals surface area (Å²) in [5, 5.41) is 0. The van der Waals surface area contributed by atoms with E-state index in [0.717, 1.165) is 4.47 Å². The number of hydrogen-bond acceptors (Lipinski definition) is 2. The van der Waals surface area contributed by atoms with E-state index < -0.39 is 17.5 Å². The summed E-state index contributed by atoms with van der Waals surface area (Å²) in [6.07, 6.45) is 0.323. The Morgan fingerprint density at radius 3 is 2.79 bits per heavy atom. The third-order valence-corrected chi connectivity index (χ3v) is 4.09. The summed E-state index contributed by atoms with van der Waals surface area (Å²) in [7, 11) is -1.15. The second-order valence-corrected chi connectivity index (χ2v) is 5.18. The van der Waals surface area contributed by atoms with Crippen LogP contribution in [-0.4, -0.2) is 16.6 Å². The zero-order chi connectivity index (χ0) is 10.6. The van der Waals surface area contributed by atoms with Gasteiger partial charge in [0, 0.05) is 15.9 Å². The highest BCUT2D eigenvalue weighted by atomic mass is 79.9. The second-order valence-electron chi connectivity index (χ2n) is 2.78. The summed E-state index contributed by atoms with van der Waals surface area (Å²) in [6, 6.07) is 5.09. The van der Waals surface area contributed by atoms with Crippen LogP contribution in [0.4, 0.5) is 10.1 Å². The molecule has 0 radical (unpaired) electrons. The number of rotatable bonds is 4. The zero-order valence-electron chi connectivity index (χ0n) is 7.50. The lowest BCUT2D eigenvalue weighted by Gasteiger charge is -2.04. The summed E-state index contributed by atoms with van der Waals surface area (Å²) >= 11 is 3.27. The van der Waals surface area contributed by atoms with Gasteiger partial charge in [0.05, 0.1) is 22.4 Å². The monoisotopic (exact) mass is 279 g/mol. The minimum atomic E-state index is -1.15. The fourth-order valence-corrected chi connectivity index (χ4v) is 3.02. The van der Waals surface area contributed by atoms with E-state index in [4.69, 9.17) is 5.73 Å². The predicted molar refractivity (Wildman–Crippen MR) is 60.4 cm³/mol. The summed E-state index contributed by atoms with van der Waals surface area (Å²) in [5.74, 6) is 0.346. The Bertz CT molecular complexity index is 346. The minimum absolute atomic E-state index is 0.323. The lowest BCUT2D eigenvalue weighted by atomic mass is 10.3. The first-order valence-electron chi connectivity index (χ1n) is 4.14. The van der Waals surface area contributed by atoms with Crippen molar-refractivity contribution >= 4 is 32.4 Å². The lowest BCUT2D eigenvalue weighted by Crippen LogP contribution is -2.00. The van der Waals surface area contributed by atoms with E-state index in [0.29, 0.717) is 22.8 Å². The number of halogens is 2. The quantitative estimate of drug-likeness (QED) is 0.861. The number of nitrogen functional groups attached to an aromatic ring is 1. The first-order chi connectivity index (χ1) is 6.65. The van der Waals surface area contributed by atoms with Crippen LogP contribution in [0, 0.1) is 0 Å². The van der Waals surface area contributed by atoms with Crippen molar-refractivity contribution in [3.63, 3.8) is 0 Å². The molecule has 1 aromatic carbocycles. The van der Waals surface area contributed by atoms with Gasteiger partial charge >= 0.3 is 0 Å². The Balaban J connectivity index is 2.80. The third kappa shape index (κ3) is 3.06. The number of anilines is 1. The molecule has 0 saturated heterocycles. The maximum Gasteiger partial charge on any atom is 0.0903 e. The molecule has 0 spiro atoms. The molecule has 0 heterocycles. The molecule has 2 N–H and O–H groups in total. The van der Waals surface area contributed by atoms with Gasteiger partial charge < -0.3 is 5.73 Å². The molecular formula is C9H11BrFNOS. The summed E-state index contributed by atoms with van der Waals surface area (Å²) in [4.78, 5) is 0.674. The second kappa shape index (κ2) is 5.46. The molecule has 0 aliphatic heterocycles. The van der Waals surface area contributed by atoms with Crippen LogP contribution >= 0.6 is 15.9 Å². The Morgan fingerprint density at radius 2 is 2.21 bits per heavy atom. The Morgan fingerprint density at radius 1 is 1.50 bits per heavy atom. The summed E-state index contributed by atoms with van der Waals surface area (Å²) < 4.78 is 24.2. The molecule has 1 unspecified atom stereocenters. The molecule has 0 aliphatic carbocycles. The molecule has 0 saturated carbocycles. The van der Waals surface area contributed by atoms with Crippen molar-refractivity contribution < 1.29 is 8.60 Å². The highest BCUT2D eigenvalue weighted by Gasteiger charge is 2.07. The van der Waals surface area contributed by atoms with E-state index in [-0.39, 0.29) is 0 Å². The Kier molecular flexibility index (Phi) is 4.54. The fourth-order valence-electron chi connectivity index (χ4n) is 0.997. The third-order valence-electron chi connectivity index (χ3n) is 1.66. The molecule has 0 bridgehead atoms. The van der Waals surface area contributed by atoms with Crippen LogP contribution in [0.25, 0.3) is 0 Å². The first kappa shape index (κ1) is 11.7. The van der Waals surface area contributed by atoms with Gasteiger partial charge in [-0.05, 0) is 40.5 Å². The van der Waals surface area contributed by atoms with Crippen LogP contribution in [0.5, 0.6) is 0 Å². The molecule has 1 atom stereocenters. The van der Waals surface area contributed by atoms with Crippen molar-refractivity contribution in [2.75, 3.05) is 18.2 Å². The number of alkyl halides is 1. The maximum absolute atomic E-state index is 11.9. The number of nitrogens with two attached hydrogens (primary N) is 1. The van der Waals surface area contributed by atoms with Crippen molar-refractivity contribution in [1.29, 1.82) is 0 Å². The normalized spacial score (nSPS) is 12.7. The van der Waals surface area contributed by atoms with Gasteiger partial charge in [0.1, 0.15) is 0 Å². The Labute approximate surface area is 93.3 Å².